The minimum atomic E-state index is 0.184. The quantitative estimate of drug-likeness (QED) is 0.343. The third-order valence-electron chi connectivity index (χ3n) is 6.34. The predicted octanol–water partition coefficient (Wildman–Crippen LogP) is 6.47. The summed E-state index contributed by atoms with van der Waals surface area (Å²) in [5.74, 6) is 1.69. The first-order valence-corrected chi connectivity index (χ1v) is 9.91. The Hall–Kier alpha value is -1.28. The average molecular weight is 360 g/mol. The van der Waals surface area contributed by atoms with E-state index in [9.17, 15) is 0 Å². The summed E-state index contributed by atoms with van der Waals surface area (Å²) in [6.07, 6.45) is 6.49. The SMILES string of the molecule is C=CCO/N=C1\CC2C(C)CCCC2(C)c2ccc(C(C)C)c(Cl)c21. The zero-order valence-corrected chi connectivity index (χ0v) is 16.7. The Labute approximate surface area is 157 Å². The summed E-state index contributed by atoms with van der Waals surface area (Å²) < 4.78 is 0. The minimum Gasteiger partial charge on any atom is -0.391 e. The van der Waals surface area contributed by atoms with Crippen LogP contribution < -0.4 is 0 Å². The van der Waals surface area contributed by atoms with Gasteiger partial charge in [0.15, 0.2) is 0 Å². The van der Waals surface area contributed by atoms with E-state index in [1.807, 2.05) is 0 Å². The summed E-state index contributed by atoms with van der Waals surface area (Å²) in [6.45, 7) is 13.3. The van der Waals surface area contributed by atoms with E-state index in [1.165, 1.54) is 30.4 Å². The monoisotopic (exact) mass is 359 g/mol. The molecule has 0 amide bonds. The van der Waals surface area contributed by atoms with Gasteiger partial charge < -0.3 is 4.84 Å². The van der Waals surface area contributed by atoms with Crippen LogP contribution in [0.5, 0.6) is 0 Å². The maximum absolute atomic E-state index is 6.90. The molecule has 3 heteroatoms. The lowest BCUT2D eigenvalue weighted by atomic mass is 9.54. The van der Waals surface area contributed by atoms with Crippen LogP contribution in [-0.2, 0) is 10.3 Å². The third-order valence-corrected chi connectivity index (χ3v) is 6.75. The molecule has 2 aliphatic rings. The van der Waals surface area contributed by atoms with Crippen molar-refractivity contribution in [3.8, 4) is 0 Å². The van der Waals surface area contributed by atoms with Crippen molar-refractivity contribution in [1.29, 1.82) is 0 Å². The molecule has 0 aliphatic heterocycles. The van der Waals surface area contributed by atoms with Gasteiger partial charge in [-0.05, 0) is 47.1 Å². The Morgan fingerprint density at radius 2 is 2.20 bits per heavy atom. The Kier molecular flexibility index (Phi) is 5.29. The fourth-order valence-corrected chi connectivity index (χ4v) is 5.42. The van der Waals surface area contributed by atoms with Gasteiger partial charge in [-0.1, -0.05) is 82.1 Å². The maximum atomic E-state index is 6.90. The predicted molar refractivity (Wildman–Crippen MR) is 107 cm³/mol. The second-order valence-electron chi connectivity index (χ2n) is 8.27. The van der Waals surface area contributed by atoms with Gasteiger partial charge in [0.2, 0.25) is 0 Å². The van der Waals surface area contributed by atoms with Crippen molar-refractivity contribution in [3.05, 3.63) is 46.5 Å². The summed E-state index contributed by atoms with van der Waals surface area (Å²) in [6, 6.07) is 4.53. The van der Waals surface area contributed by atoms with E-state index < -0.39 is 0 Å². The van der Waals surface area contributed by atoms with E-state index in [2.05, 4.69) is 51.6 Å². The Morgan fingerprint density at radius 3 is 2.88 bits per heavy atom. The first kappa shape index (κ1) is 18.5. The number of oxime groups is 1. The van der Waals surface area contributed by atoms with Crippen molar-refractivity contribution in [2.75, 3.05) is 6.61 Å². The van der Waals surface area contributed by atoms with Crippen molar-refractivity contribution in [3.63, 3.8) is 0 Å². The van der Waals surface area contributed by atoms with Gasteiger partial charge in [-0.3, -0.25) is 0 Å². The molecule has 3 atom stereocenters. The van der Waals surface area contributed by atoms with E-state index in [1.54, 1.807) is 6.08 Å². The third kappa shape index (κ3) is 3.14. The molecule has 2 aliphatic carbocycles. The summed E-state index contributed by atoms with van der Waals surface area (Å²) in [5, 5.41) is 5.36. The standard InChI is InChI=1S/C22H30ClNO/c1-6-12-25-24-19-13-18-15(4)8-7-11-22(18,5)17-10-9-16(14(2)3)21(23)20(17)19/h6,9-10,14-15,18H,1,7-8,11-13H2,2-5H3/b24-19+. The number of benzene rings is 1. The van der Waals surface area contributed by atoms with Crippen LogP contribution in [0.2, 0.25) is 5.02 Å². The van der Waals surface area contributed by atoms with Gasteiger partial charge in [-0.15, -0.1) is 0 Å². The lowest BCUT2D eigenvalue weighted by molar-refractivity contribution is 0.133. The highest BCUT2D eigenvalue weighted by molar-refractivity contribution is 6.35. The number of fused-ring (bicyclic) bond motifs is 3. The van der Waals surface area contributed by atoms with E-state index in [0.717, 1.165) is 22.7 Å². The highest BCUT2D eigenvalue weighted by atomic mass is 35.5. The van der Waals surface area contributed by atoms with Gasteiger partial charge in [0.1, 0.15) is 6.61 Å². The Bertz CT molecular complexity index is 694. The highest BCUT2D eigenvalue weighted by Gasteiger charge is 2.47. The van der Waals surface area contributed by atoms with Crippen molar-refractivity contribution in [2.24, 2.45) is 17.0 Å². The largest absolute Gasteiger partial charge is 0.391 e. The first-order chi connectivity index (χ1) is 11.9. The molecule has 1 aromatic carbocycles. The van der Waals surface area contributed by atoms with Crippen LogP contribution in [0.3, 0.4) is 0 Å². The van der Waals surface area contributed by atoms with E-state index in [0.29, 0.717) is 24.4 Å². The van der Waals surface area contributed by atoms with E-state index >= 15 is 0 Å². The number of halogens is 1. The normalized spacial score (nSPS) is 30.1. The second kappa shape index (κ2) is 7.15. The zero-order chi connectivity index (χ0) is 18.2. The van der Waals surface area contributed by atoms with Crippen molar-refractivity contribution < 1.29 is 4.84 Å². The topological polar surface area (TPSA) is 21.6 Å². The van der Waals surface area contributed by atoms with Crippen LogP contribution in [0.25, 0.3) is 0 Å². The number of nitrogens with zero attached hydrogens (tertiary/aromatic N) is 1. The van der Waals surface area contributed by atoms with Crippen LogP contribution in [0.15, 0.2) is 29.9 Å². The molecule has 0 heterocycles. The van der Waals surface area contributed by atoms with Crippen LogP contribution in [0.4, 0.5) is 0 Å². The highest BCUT2D eigenvalue weighted by Crippen LogP contribution is 2.53. The maximum Gasteiger partial charge on any atom is 0.135 e. The van der Waals surface area contributed by atoms with Gasteiger partial charge in [-0.25, -0.2) is 0 Å². The Balaban J connectivity index is 2.18. The molecule has 3 rings (SSSR count). The molecule has 25 heavy (non-hydrogen) atoms. The molecule has 0 radical (unpaired) electrons. The van der Waals surface area contributed by atoms with Crippen LogP contribution in [0.1, 0.15) is 76.0 Å². The average Bonchev–Trinajstić information content (AvgIpc) is 2.56. The zero-order valence-electron chi connectivity index (χ0n) is 15.9. The molecule has 3 unspecified atom stereocenters. The van der Waals surface area contributed by atoms with E-state index in [4.69, 9.17) is 16.4 Å². The number of rotatable bonds is 4. The molecule has 0 spiro atoms. The smallest absolute Gasteiger partial charge is 0.135 e. The molecule has 136 valence electrons. The van der Waals surface area contributed by atoms with E-state index in [-0.39, 0.29) is 5.41 Å². The van der Waals surface area contributed by atoms with Gasteiger partial charge >= 0.3 is 0 Å². The molecule has 1 fully saturated rings. The van der Waals surface area contributed by atoms with Crippen LogP contribution in [0, 0.1) is 11.8 Å². The van der Waals surface area contributed by atoms with Gasteiger partial charge in [0, 0.05) is 5.56 Å². The van der Waals surface area contributed by atoms with Gasteiger partial charge in [-0.2, -0.15) is 0 Å². The van der Waals surface area contributed by atoms with Crippen molar-refractivity contribution in [1.82, 2.24) is 0 Å². The first-order valence-electron chi connectivity index (χ1n) is 9.53. The summed E-state index contributed by atoms with van der Waals surface area (Å²) >= 11 is 6.90. The van der Waals surface area contributed by atoms with Crippen molar-refractivity contribution in [2.45, 2.75) is 64.7 Å². The molecule has 1 saturated carbocycles. The number of hydrogen-bond donors (Lipinski definition) is 0. The summed E-state index contributed by atoms with van der Waals surface area (Å²) in [7, 11) is 0. The summed E-state index contributed by atoms with van der Waals surface area (Å²) in [4.78, 5) is 5.49. The van der Waals surface area contributed by atoms with Gasteiger partial charge in [0.25, 0.3) is 0 Å². The fourth-order valence-electron chi connectivity index (χ4n) is 4.92. The fraction of sp³-hybridized carbons (Fsp3) is 0.591. The number of hydrogen-bond acceptors (Lipinski definition) is 2. The molecule has 2 nitrogen and oxygen atoms in total. The minimum absolute atomic E-state index is 0.184. The lowest BCUT2D eigenvalue weighted by Gasteiger charge is -2.50. The Morgan fingerprint density at radius 1 is 1.44 bits per heavy atom. The van der Waals surface area contributed by atoms with Crippen molar-refractivity contribution >= 4 is 17.3 Å². The molecule has 0 aromatic heterocycles. The molecule has 0 N–H and O–H groups in total. The lowest BCUT2D eigenvalue weighted by Crippen LogP contribution is -2.45. The molecular weight excluding hydrogens is 330 g/mol. The molecule has 1 aromatic rings. The molecule has 0 bridgehead atoms. The molecule has 0 saturated heterocycles. The second-order valence-corrected chi connectivity index (χ2v) is 8.64. The van der Waals surface area contributed by atoms with Crippen LogP contribution >= 0.6 is 11.6 Å². The summed E-state index contributed by atoms with van der Waals surface area (Å²) in [5.41, 5.74) is 4.89. The van der Waals surface area contributed by atoms with Gasteiger partial charge in [0.05, 0.1) is 10.7 Å². The van der Waals surface area contributed by atoms with Crippen LogP contribution in [-0.4, -0.2) is 12.3 Å². The molecular formula is C22H30ClNO.